The van der Waals surface area contributed by atoms with E-state index in [1.807, 2.05) is 24.3 Å². The van der Waals surface area contributed by atoms with Crippen LogP contribution >= 0.6 is 11.6 Å². The highest BCUT2D eigenvalue weighted by molar-refractivity contribution is 6.30. The van der Waals surface area contributed by atoms with Gasteiger partial charge in [0, 0.05) is 28.3 Å². The van der Waals surface area contributed by atoms with E-state index < -0.39 is 4.92 Å². The topological polar surface area (TPSA) is 60.2 Å². The number of Topliss-reactive ketones (excluding diaryl/α,β-unsaturated/α-hetero) is 1. The van der Waals surface area contributed by atoms with Crippen molar-refractivity contribution in [3.05, 3.63) is 85.9 Å². The van der Waals surface area contributed by atoms with E-state index in [-0.39, 0.29) is 11.5 Å². The zero-order valence-corrected chi connectivity index (χ0v) is 14.2. The van der Waals surface area contributed by atoms with Crippen molar-refractivity contribution in [1.29, 1.82) is 0 Å². The minimum atomic E-state index is -0.435. The fourth-order valence-electron chi connectivity index (χ4n) is 2.90. The normalized spacial score (nSPS) is 17.9. The Morgan fingerprint density at radius 2 is 1.56 bits per heavy atom. The Balaban J connectivity index is 1.89. The molecule has 0 radical (unpaired) electrons. The molecule has 0 heterocycles. The highest BCUT2D eigenvalue weighted by Crippen LogP contribution is 2.29. The molecular formula is C20H16ClNO3. The van der Waals surface area contributed by atoms with Crippen LogP contribution in [0.5, 0.6) is 0 Å². The molecule has 0 saturated heterocycles. The monoisotopic (exact) mass is 353 g/mol. The molecule has 1 saturated carbocycles. The van der Waals surface area contributed by atoms with E-state index in [1.165, 1.54) is 12.1 Å². The van der Waals surface area contributed by atoms with Crippen molar-refractivity contribution in [2.75, 3.05) is 0 Å². The fourth-order valence-corrected chi connectivity index (χ4v) is 3.10. The minimum absolute atomic E-state index is 0.00210. The van der Waals surface area contributed by atoms with Gasteiger partial charge in [-0.1, -0.05) is 35.9 Å². The van der Waals surface area contributed by atoms with Gasteiger partial charge in [-0.25, -0.2) is 0 Å². The molecule has 1 fully saturated rings. The van der Waals surface area contributed by atoms with Crippen LogP contribution in [0.4, 0.5) is 5.69 Å². The number of ketones is 1. The van der Waals surface area contributed by atoms with Crippen LogP contribution in [0, 0.1) is 10.1 Å². The lowest BCUT2D eigenvalue weighted by molar-refractivity contribution is -0.384. The Morgan fingerprint density at radius 1 is 0.960 bits per heavy atom. The molecule has 2 aromatic carbocycles. The molecule has 0 bridgehead atoms. The number of non-ortho nitro benzene ring substituents is 1. The van der Waals surface area contributed by atoms with Crippen molar-refractivity contribution >= 4 is 35.2 Å². The van der Waals surface area contributed by atoms with Crippen LogP contribution in [-0.2, 0) is 4.79 Å². The van der Waals surface area contributed by atoms with Gasteiger partial charge in [-0.05, 0) is 54.7 Å². The van der Waals surface area contributed by atoms with E-state index >= 15 is 0 Å². The molecule has 0 atom stereocenters. The van der Waals surface area contributed by atoms with Crippen molar-refractivity contribution in [1.82, 2.24) is 0 Å². The first-order valence-corrected chi connectivity index (χ1v) is 8.36. The third-order valence-corrected chi connectivity index (χ3v) is 4.32. The molecule has 2 aromatic rings. The Labute approximate surface area is 150 Å². The van der Waals surface area contributed by atoms with Crippen LogP contribution in [-0.4, -0.2) is 10.7 Å². The van der Waals surface area contributed by atoms with E-state index in [0.29, 0.717) is 22.6 Å². The molecule has 4 nitrogen and oxygen atoms in total. The van der Waals surface area contributed by atoms with Crippen molar-refractivity contribution in [2.45, 2.75) is 19.3 Å². The summed E-state index contributed by atoms with van der Waals surface area (Å²) in [4.78, 5) is 23.2. The Bertz CT molecular complexity index is 899. The van der Waals surface area contributed by atoms with E-state index in [0.717, 1.165) is 24.0 Å². The van der Waals surface area contributed by atoms with E-state index in [2.05, 4.69) is 0 Å². The number of nitrogens with zero attached hydrogens (tertiary/aromatic N) is 1. The average molecular weight is 354 g/mol. The molecule has 126 valence electrons. The van der Waals surface area contributed by atoms with E-state index in [9.17, 15) is 14.9 Å². The maximum Gasteiger partial charge on any atom is 0.270 e. The van der Waals surface area contributed by atoms with Gasteiger partial charge in [0.2, 0.25) is 0 Å². The number of rotatable bonds is 3. The maximum atomic E-state index is 12.7. The first-order valence-electron chi connectivity index (χ1n) is 7.99. The average Bonchev–Trinajstić information content (AvgIpc) is 2.59. The quantitative estimate of drug-likeness (QED) is 0.417. The molecule has 5 heteroatoms. The number of hydrogen-bond donors (Lipinski definition) is 0. The number of halogens is 1. The SMILES string of the molecule is O=C1/C(=C/c2cccc(Cl)c2)CCC/C1=C\c1cccc([N+](=O)[O-])c1. The molecule has 25 heavy (non-hydrogen) atoms. The summed E-state index contributed by atoms with van der Waals surface area (Å²) >= 11 is 5.99. The van der Waals surface area contributed by atoms with Gasteiger partial charge >= 0.3 is 0 Å². The van der Waals surface area contributed by atoms with Gasteiger partial charge in [0.15, 0.2) is 5.78 Å². The lowest BCUT2D eigenvalue weighted by atomic mass is 9.87. The van der Waals surface area contributed by atoms with Crippen LogP contribution in [0.25, 0.3) is 12.2 Å². The van der Waals surface area contributed by atoms with E-state index in [1.54, 1.807) is 24.3 Å². The smallest absolute Gasteiger partial charge is 0.270 e. The summed E-state index contributed by atoms with van der Waals surface area (Å²) < 4.78 is 0. The zero-order valence-electron chi connectivity index (χ0n) is 13.4. The largest absolute Gasteiger partial charge is 0.289 e. The Morgan fingerprint density at radius 3 is 2.16 bits per heavy atom. The number of carbonyl (C=O) groups is 1. The number of nitro benzene ring substituents is 1. The third-order valence-electron chi connectivity index (χ3n) is 4.09. The van der Waals surface area contributed by atoms with Gasteiger partial charge in [0.25, 0.3) is 5.69 Å². The Kier molecular flexibility index (Phi) is 5.10. The van der Waals surface area contributed by atoms with Crippen LogP contribution in [0.2, 0.25) is 5.02 Å². The van der Waals surface area contributed by atoms with Gasteiger partial charge in [0.1, 0.15) is 0 Å². The number of allylic oxidation sites excluding steroid dienone is 2. The molecule has 3 rings (SSSR count). The number of carbonyl (C=O) groups excluding carboxylic acids is 1. The van der Waals surface area contributed by atoms with Crippen molar-refractivity contribution < 1.29 is 9.72 Å². The molecule has 0 amide bonds. The third kappa shape index (κ3) is 4.22. The molecule has 0 N–H and O–H groups in total. The second-order valence-electron chi connectivity index (χ2n) is 5.93. The summed E-state index contributed by atoms with van der Waals surface area (Å²) in [5, 5.41) is 11.5. The van der Waals surface area contributed by atoms with Crippen LogP contribution in [0.1, 0.15) is 30.4 Å². The zero-order chi connectivity index (χ0) is 17.8. The number of nitro groups is 1. The maximum absolute atomic E-state index is 12.7. The van der Waals surface area contributed by atoms with Crippen molar-refractivity contribution in [3.8, 4) is 0 Å². The first-order chi connectivity index (χ1) is 12.0. The highest BCUT2D eigenvalue weighted by atomic mass is 35.5. The lowest BCUT2D eigenvalue weighted by Gasteiger charge is -2.16. The standard InChI is InChI=1S/C20H16ClNO3/c21-18-8-1-4-14(12-18)10-16-6-3-7-17(20(16)23)11-15-5-2-9-19(13-15)22(24)25/h1-2,4-5,8-13H,3,6-7H2/b16-10+,17-11+. The number of hydrogen-bond acceptors (Lipinski definition) is 3. The second-order valence-corrected chi connectivity index (χ2v) is 6.37. The summed E-state index contributed by atoms with van der Waals surface area (Å²) in [5.41, 5.74) is 3.01. The van der Waals surface area contributed by atoms with Gasteiger partial charge in [-0.3, -0.25) is 14.9 Å². The van der Waals surface area contributed by atoms with Gasteiger partial charge in [-0.2, -0.15) is 0 Å². The predicted octanol–water partition coefficient (Wildman–Crippen LogP) is 5.47. The van der Waals surface area contributed by atoms with E-state index in [4.69, 9.17) is 11.6 Å². The summed E-state index contributed by atoms with van der Waals surface area (Å²) in [6.45, 7) is 0. The minimum Gasteiger partial charge on any atom is -0.289 e. The number of benzene rings is 2. The highest BCUT2D eigenvalue weighted by Gasteiger charge is 2.20. The summed E-state index contributed by atoms with van der Waals surface area (Å²) in [6.07, 6.45) is 5.89. The summed E-state index contributed by atoms with van der Waals surface area (Å²) in [7, 11) is 0. The molecular weight excluding hydrogens is 338 g/mol. The molecule has 0 spiro atoms. The molecule has 0 unspecified atom stereocenters. The fraction of sp³-hybridized carbons (Fsp3) is 0.150. The first kappa shape index (κ1) is 17.1. The van der Waals surface area contributed by atoms with Crippen LogP contribution < -0.4 is 0 Å². The van der Waals surface area contributed by atoms with Crippen LogP contribution in [0.3, 0.4) is 0 Å². The lowest BCUT2D eigenvalue weighted by Crippen LogP contribution is -2.12. The molecule has 1 aliphatic rings. The molecule has 1 aliphatic carbocycles. The second kappa shape index (κ2) is 7.45. The van der Waals surface area contributed by atoms with Gasteiger partial charge in [-0.15, -0.1) is 0 Å². The molecule has 0 aliphatic heterocycles. The van der Waals surface area contributed by atoms with Crippen molar-refractivity contribution in [2.24, 2.45) is 0 Å². The van der Waals surface area contributed by atoms with Crippen LogP contribution in [0.15, 0.2) is 59.7 Å². The van der Waals surface area contributed by atoms with Gasteiger partial charge in [0.05, 0.1) is 4.92 Å². The summed E-state index contributed by atoms with van der Waals surface area (Å²) in [6, 6.07) is 13.7. The summed E-state index contributed by atoms with van der Waals surface area (Å²) in [5.74, 6) is -0.00210. The van der Waals surface area contributed by atoms with Gasteiger partial charge < -0.3 is 0 Å². The van der Waals surface area contributed by atoms with Crippen molar-refractivity contribution in [3.63, 3.8) is 0 Å². The Hall–Kier alpha value is -2.72. The molecule has 0 aromatic heterocycles. The predicted molar refractivity (Wildman–Crippen MR) is 99.4 cm³/mol.